The van der Waals surface area contributed by atoms with Gasteiger partial charge in [-0.3, -0.25) is 0 Å². The molecule has 0 atom stereocenters. The predicted octanol–water partition coefficient (Wildman–Crippen LogP) is 2.57. The number of rotatable bonds is 4. The van der Waals surface area contributed by atoms with Gasteiger partial charge in [-0.2, -0.15) is 0 Å². The number of halogens is 2. The van der Waals surface area contributed by atoms with Gasteiger partial charge in [-0.05, 0) is 25.1 Å². The summed E-state index contributed by atoms with van der Waals surface area (Å²) in [6, 6.07) is 8.00. The van der Waals surface area contributed by atoms with Crippen LogP contribution < -0.4 is 4.72 Å². The summed E-state index contributed by atoms with van der Waals surface area (Å²) < 4.78 is 26.6. The molecule has 106 valence electrons. The van der Waals surface area contributed by atoms with E-state index >= 15 is 0 Å². The maximum Gasteiger partial charge on any atom is 0.240 e. The molecule has 5 nitrogen and oxygen atoms in total. The topological polar surface area (TPSA) is 72.0 Å². The summed E-state index contributed by atoms with van der Waals surface area (Å²) in [7, 11) is -3.60. The molecule has 2 rings (SSSR count). The van der Waals surface area contributed by atoms with Crippen LogP contribution in [0.3, 0.4) is 0 Å². The van der Waals surface area contributed by atoms with Crippen molar-refractivity contribution in [3.05, 3.63) is 51.8 Å². The molecule has 0 bridgehead atoms. The average Bonchev–Trinajstić information content (AvgIpc) is 2.40. The predicted molar refractivity (Wildman–Crippen MR) is 77.3 cm³/mol. The molecule has 0 fully saturated rings. The van der Waals surface area contributed by atoms with Crippen LogP contribution in [0.15, 0.2) is 35.2 Å². The highest BCUT2D eigenvalue weighted by Gasteiger charge is 2.14. The highest BCUT2D eigenvalue weighted by Crippen LogP contribution is 2.16. The van der Waals surface area contributed by atoms with Gasteiger partial charge in [0.2, 0.25) is 10.0 Å². The van der Waals surface area contributed by atoms with Gasteiger partial charge in [0.1, 0.15) is 0 Å². The Hall–Kier alpha value is -1.21. The lowest BCUT2D eigenvalue weighted by molar-refractivity contribution is 0.581. The van der Waals surface area contributed by atoms with Crippen molar-refractivity contribution in [2.24, 2.45) is 0 Å². The molecule has 0 amide bonds. The van der Waals surface area contributed by atoms with E-state index in [0.29, 0.717) is 5.56 Å². The standard InChI is InChI=1S/C12H11Cl2N3O2S/c1-8-2-4-10(5-3-8)20(18,19)15-7-9-6-11(13)16-17-12(9)14/h2-6,15H,7H2,1H3. The molecule has 0 saturated carbocycles. The van der Waals surface area contributed by atoms with Gasteiger partial charge >= 0.3 is 0 Å². The lowest BCUT2D eigenvalue weighted by atomic mass is 10.2. The van der Waals surface area contributed by atoms with E-state index in [1.807, 2.05) is 6.92 Å². The Morgan fingerprint density at radius 1 is 1.15 bits per heavy atom. The number of hydrogen-bond donors (Lipinski definition) is 1. The second-order valence-corrected chi connectivity index (χ2v) is 6.63. The molecule has 0 saturated heterocycles. The van der Waals surface area contributed by atoms with Crippen molar-refractivity contribution in [2.45, 2.75) is 18.4 Å². The fraction of sp³-hybridized carbons (Fsp3) is 0.167. The van der Waals surface area contributed by atoms with E-state index in [2.05, 4.69) is 14.9 Å². The van der Waals surface area contributed by atoms with Crippen LogP contribution in [-0.4, -0.2) is 18.6 Å². The third-order valence-electron chi connectivity index (χ3n) is 2.58. The lowest BCUT2D eigenvalue weighted by Gasteiger charge is -2.08. The minimum Gasteiger partial charge on any atom is -0.207 e. The summed E-state index contributed by atoms with van der Waals surface area (Å²) in [6.45, 7) is 1.87. The van der Waals surface area contributed by atoms with Crippen LogP contribution in [0.2, 0.25) is 10.3 Å². The normalized spacial score (nSPS) is 11.6. The van der Waals surface area contributed by atoms with Gasteiger partial charge in [0.25, 0.3) is 0 Å². The summed E-state index contributed by atoms with van der Waals surface area (Å²) in [5.41, 5.74) is 1.44. The molecule has 0 radical (unpaired) electrons. The van der Waals surface area contributed by atoms with E-state index in [-0.39, 0.29) is 21.7 Å². The van der Waals surface area contributed by atoms with Gasteiger partial charge in [-0.1, -0.05) is 40.9 Å². The van der Waals surface area contributed by atoms with Crippen molar-refractivity contribution >= 4 is 33.2 Å². The molecule has 1 N–H and O–H groups in total. The van der Waals surface area contributed by atoms with Gasteiger partial charge in [-0.15, -0.1) is 10.2 Å². The zero-order valence-electron chi connectivity index (χ0n) is 10.5. The van der Waals surface area contributed by atoms with Crippen molar-refractivity contribution in [2.75, 3.05) is 0 Å². The average molecular weight is 332 g/mol. The maximum absolute atomic E-state index is 12.1. The second kappa shape index (κ2) is 6.05. The molecular formula is C12H11Cl2N3O2S. The van der Waals surface area contributed by atoms with E-state index in [1.165, 1.54) is 18.2 Å². The molecule has 8 heteroatoms. The summed E-state index contributed by atoms with van der Waals surface area (Å²) in [5.74, 6) is 0. The first kappa shape index (κ1) is 15.2. The minimum atomic E-state index is -3.60. The third kappa shape index (κ3) is 3.67. The SMILES string of the molecule is Cc1ccc(S(=O)(=O)NCc2cc(Cl)nnc2Cl)cc1. The van der Waals surface area contributed by atoms with E-state index in [1.54, 1.807) is 12.1 Å². The summed E-state index contributed by atoms with van der Waals surface area (Å²) in [4.78, 5) is 0.187. The monoisotopic (exact) mass is 331 g/mol. The molecule has 1 heterocycles. The smallest absolute Gasteiger partial charge is 0.207 e. The Balaban J connectivity index is 2.17. The molecule has 2 aromatic rings. The fourth-order valence-corrected chi connectivity index (χ4v) is 2.82. The Labute approximate surface area is 127 Å². The minimum absolute atomic E-state index is 0.00964. The van der Waals surface area contributed by atoms with Gasteiger partial charge in [-0.25, -0.2) is 13.1 Å². The second-order valence-electron chi connectivity index (χ2n) is 4.12. The van der Waals surface area contributed by atoms with Crippen LogP contribution in [0.25, 0.3) is 0 Å². The summed E-state index contributed by atoms with van der Waals surface area (Å²) in [6.07, 6.45) is 0. The van der Waals surface area contributed by atoms with Crippen molar-refractivity contribution in [3.63, 3.8) is 0 Å². The van der Waals surface area contributed by atoms with Crippen LogP contribution >= 0.6 is 23.2 Å². The Kier molecular flexibility index (Phi) is 4.59. The Bertz CT molecular complexity index is 718. The van der Waals surface area contributed by atoms with Crippen LogP contribution in [0, 0.1) is 6.92 Å². The molecular weight excluding hydrogens is 321 g/mol. The molecule has 0 unspecified atom stereocenters. The van der Waals surface area contributed by atoms with E-state index < -0.39 is 10.0 Å². The zero-order valence-corrected chi connectivity index (χ0v) is 12.8. The van der Waals surface area contributed by atoms with Gasteiger partial charge in [0.15, 0.2) is 10.3 Å². The molecule has 1 aromatic carbocycles. The number of sulfonamides is 1. The first-order valence-electron chi connectivity index (χ1n) is 5.62. The Morgan fingerprint density at radius 3 is 2.45 bits per heavy atom. The number of aryl methyl sites for hydroxylation is 1. The fourth-order valence-electron chi connectivity index (χ4n) is 1.49. The number of benzene rings is 1. The van der Waals surface area contributed by atoms with Crippen molar-refractivity contribution in [1.29, 1.82) is 0 Å². The van der Waals surface area contributed by atoms with Gasteiger partial charge in [0.05, 0.1) is 4.90 Å². The molecule has 20 heavy (non-hydrogen) atoms. The molecule has 1 aromatic heterocycles. The quantitative estimate of drug-likeness (QED) is 0.934. The van der Waals surface area contributed by atoms with Crippen molar-refractivity contribution in [1.82, 2.24) is 14.9 Å². The van der Waals surface area contributed by atoms with Crippen LogP contribution in [0.4, 0.5) is 0 Å². The van der Waals surface area contributed by atoms with Crippen molar-refractivity contribution in [3.8, 4) is 0 Å². The molecule has 0 aliphatic heterocycles. The van der Waals surface area contributed by atoms with E-state index in [0.717, 1.165) is 5.56 Å². The van der Waals surface area contributed by atoms with Crippen LogP contribution in [0.5, 0.6) is 0 Å². The summed E-state index contributed by atoms with van der Waals surface area (Å²) in [5, 5.41) is 7.43. The first-order valence-corrected chi connectivity index (χ1v) is 7.86. The molecule has 0 aliphatic rings. The zero-order chi connectivity index (χ0) is 14.8. The highest BCUT2D eigenvalue weighted by molar-refractivity contribution is 7.89. The molecule has 0 spiro atoms. The number of hydrogen-bond acceptors (Lipinski definition) is 4. The van der Waals surface area contributed by atoms with E-state index in [4.69, 9.17) is 23.2 Å². The molecule has 0 aliphatic carbocycles. The van der Waals surface area contributed by atoms with Gasteiger partial charge in [0, 0.05) is 12.1 Å². The largest absolute Gasteiger partial charge is 0.240 e. The highest BCUT2D eigenvalue weighted by atomic mass is 35.5. The maximum atomic E-state index is 12.1. The lowest BCUT2D eigenvalue weighted by Crippen LogP contribution is -2.23. The van der Waals surface area contributed by atoms with Crippen LogP contribution in [0.1, 0.15) is 11.1 Å². The summed E-state index contributed by atoms with van der Waals surface area (Å²) >= 11 is 11.5. The van der Waals surface area contributed by atoms with Crippen molar-refractivity contribution < 1.29 is 8.42 Å². The Morgan fingerprint density at radius 2 is 1.80 bits per heavy atom. The van der Waals surface area contributed by atoms with Gasteiger partial charge < -0.3 is 0 Å². The van der Waals surface area contributed by atoms with Crippen LogP contribution in [-0.2, 0) is 16.6 Å². The van der Waals surface area contributed by atoms with E-state index in [9.17, 15) is 8.42 Å². The third-order valence-corrected chi connectivity index (χ3v) is 4.50. The number of aromatic nitrogens is 2. The number of nitrogens with one attached hydrogen (secondary N) is 1. The first-order chi connectivity index (χ1) is 9.38. The number of nitrogens with zero attached hydrogens (tertiary/aromatic N) is 2.